The number of hydrogen-bond donors (Lipinski definition) is 1. The lowest BCUT2D eigenvalue weighted by molar-refractivity contribution is -0.145. The van der Waals surface area contributed by atoms with Gasteiger partial charge in [0, 0.05) is 36.4 Å². The minimum Gasteiger partial charge on any atom is -0.481 e. The van der Waals surface area contributed by atoms with Crippen molar-refractivity contribution in [3.05, 3.63) is 35.6 Å². The molecule has 0 aliphatic carbocycles. The zero-order chi connectivity index (χ0) is 16.2. The van der Waals surface area contributed by atoms with Gasteiger partial charge in [-0.05, 0) is 25.0 Å². The van der Waals surface area contributed by atoms with E-state index in [9.17, 15) is 9.59 Å². The van der Waals surface area contributed by atoms with Crippen molar-refractivity contribution in [2.24, 2.45) is 5.92 Å². The van der Waals surface area contributed by atoms with Crippen LogP contribution in [0.15, 0.2) is 29.9 Å². The van der Waals surface area contributed by atoms with Gasteiger partial charge in [0.25, 0.3) is 0 Å². The first-order chi connectivity index (χ1) is 11.1. The quantitative estimate of drug-likeness (QED) is 0.927. The number of aromatic nitrogens is 2. The van der Waals surface area contributed by atoms with E-state index in [1.807, 2.05) is 17.5 Å². The number of carboxylic acid groups (broad SMARTS) is 1. The summed E-state index contributed by atoms with van der Waals surface area (Å²) in [5, 5.41) is 11.8. The summed E-state index contributed by atoms with van der Waals surface area (Å²) in [6.45, 7) is 0.927. The Morgan fingerprint density at radius 3 is 3.04 bits per heavy atom. The van der Waals surface area contributed by atoms with Gasteiger partial charge in [0.05, 0.1) is 18.0 Å². The van der Waals surface area contributed by atoms with E-state index in [0.717, 1.165) is 22.7 Å². The first-order valence-electron chi connectivity index (χ1n) is 7.49. The predicted octanol–water partition coefficient (Wildman–Crippen LogP) is 2.07. The van der Waals surface area contributed by atoms with Crippen molar-refractivity contribution in [3.63, 3.8) is 0 Å². The van der Waals surface area contributed by atoms with Gasteiger partial charge in [-0.25, -0.2) is 4.98 Å². The van der Waals surface area contributed by atoms with E-state index < -0.39 is 11.9 Å². The van der Waals surface area contributed by atoms with Gasteiger partial charge in [0.1, 0.15) is 5.01 Å². The number of carbonyl (C=O) groups excluding carboxylic acids is 1. The van der Waals surface area contributed by atoms with Gasteiger partial charge in [-0.3, -0.25) is 14.6 Å². The topological polar surface area (TPSA) is 83.4 Å². The highest BCUT2D eigenvalue weighted by Crippen LogP contribution is 2.23. The summed E-state index contributed by atoms with van der Waals surface area (Å²) in [5.74, 6) is -1.33. The zero-order valence-electron chi connectivity index (χ0n) is 12.5. The number of hydrogen-bond acceptors (Lipinski definition) is 5. The monoisotopic (exact) mass is 331 g/mol. The number of amides is 1. The largest absolute Gasteiger partial charge is 0.481 e. The number of nitrogens with zero attached hydrogens (tertiary/aromatic N) is 3. The van der Waals surface area contributed by atoms with Crippen LogP contribution >= 0.6 is 11.3 Å². The van der Waals surface area contributed by atoms with Gasteiger partial charge < -0.3 is 10.0 Å². The molecule has 1 N–H and O–H groups in total. The first-order valence-corrected chi connectivity index (χ1v) is 8.37. The Morgan fingerprint density at radius 2 is 2.30 bits per heavy atom. The van der Waals surface area contributed by atoms with Crippen molar-refractivity contribution in [2.75, 3.05) is 13.1 Å². The summed E-state index contributed by atoms with van der Waals surface area (Å²) < 4.78 is 0. The summed E-state index contributed by atoms with van der Waals surface area (Å²) in [6.07, 6.45) is 5.04. The molecule has 0 spiro atoms. The molecular weight excluding hydrogens is 314 g/mol. The van der Waals surface area contributed by atoms with Crippen LogP contribution in [0.1, 0.15) is 18.5 Å². The Hall–Kier alpha value is -2.28. The average molecular weight is 331 g/mol. The maximum absolute atomic E-state index is 12.4. The summed E-state index contributed by atoms with van der Waals surface area (Å²) in [5.41, 5.74) is 1.65. The van der Waals surface area contributed by atoms with Crippen LogP contribution in [-0.4, -0.2) is 44.9 Å². The zero-order valence-corrected chi connectivity index (χ0v) is 13.3. The third kappa shape index (κ3) is 3.73. The molecule has 1 saturated heterocycles. The molecule has 0 saturated carbocycles. The Labute approximate surface area is 137 Å². The number of piperidine rings is 1. The molecule has 0 bridgehead atoms. The molecule has 23 heavy (non-hydrogen) atoms. The fraction of sp³-hybridized carbons (Fsp3) is 0.375. The normalized spacial score (nSPS) is 17.9. The van der Waals surface area contributed by atoms with Crippen molar-refractivity contribution in [2.45, 2.75) is 19.3 Å². The van der Waals surface area contributed by atoms with Gasteiger partial charge in [-0.1, -0.05) is 0 Å². The molecule has 0 radical (unpaired) electrons. The molecule has 1 atom stereocenters. The average Bonchev–Trinajstić information content (AvgIpc) is 3.04. The van der Waals surface area contributed by atoms with Crippen LogP contribution in [0, 0.1) is 5.92 Å². The highest BCUT2D eigenvalue weighted by Gasteiger charge is 2.28. The molecule has 1 fully saturated rings. The van der Waals surface area contributed by atoms with Crippen LogP contribution < -0.4 is 0 Å². The molecule has 3 heterocycles. The van der Waals surface area contributed by atoms with Crippen LogP contribution in [0.5, 0.6) is 0 Å². The fourth-order valence-corrected chi connectivity index (χ4v) is 3.49. The lowest BCUT2D eigenvalue weighted by Crippen LogP contribution is -2.43. The fourth-order valence-electron chi connectivity index (χ4n) is 2.68. The molecular formula is C16H17N3O3S. The molecule has 6 nitrogen and oxygen atoms in total. The van der Waals surface area contributed by atoms with E-state index in [-0.39, 0.29) is 12.3 Å². The van der Waals surface area contributed by atoms with E-state index in [1.54, 1.807) is 17.3 Å². The lowest BCUT2D eigenvalue weighted by Gasteiger charge is -2.30. The van der Waals surface area contributed by atoms with Crippen LogP contribution in [0.2, 0.25) is 0 Å². The van der Waals surface area contributed by atoms with E-state index in [0.29, 0.717) is 19.5 Å². The molecule has 3 rings (SSSR count). The molecule has 120 valence electrons. The Balaban J connectivity index is 1.64. The second kappa shape index (κ2) is 6.87. The molecule has 7 heteroatoms. The Kier molecular flexibility index (Phi) is 4.66. The Bertz CT molecular complexity index is 702. The van der Waals surface area contributed by atoms with Crippen LogP contribution in [0.25, 0.3) is 10.6 Å². The minimum absolute atomic E-state index is 0.0565. The highest BCUT2D eigenvalue weighted by molar-refractivity contribution is 7.13. The standard InChI is InChI=1S/C16H17N3O3S/c20-14(19-6-2-4-12(9-19)16(21)22)7-13-10-23-15(18-13)11-3-1-5-17-8-11/h1,3,5,8,10,12H,2,4,6-7,9H2,(H,21,22). The smallest absolute Gasteiger partial charge is 0.308 e. The molecule has 1 unspecified atom stereocenters. The highest BCUT2D eigenvalue weighted by atomic mass is 32.1. The predicted molar refractivity (Wildman–Crippen MR) is 86.0 cm³/mol. The van der Waals surface area contributed by atoms with Crippen LogP contribution in [-0.2, 0) is 16.0 Å². The number of thiazole rings is 1. The first kappa shape index (κ1) is 15.6. The molecule has 1 amide bonds. The molecule has 0 aromatic carbocycles. The molecule has 2 aromatic rings. The lowest BCUT2D eigenvalue weighted by atomic mass is 9.98. The van der Waals surface area contributed by atoms with Crippen LogP contribution in [0.3, 0.4) is 0 Å². The molecule has 2 aromatic heterocycles. The Morgan fingerprint density at radius 1 is 1.43 bits per heavy atom. The van der Waals surface area contributed by atoms with E-state index in [4.69, 9.17) is 5.11 Å². The van der Waals surface area contributed by atoms with Gasteiger partial charge >= 0.3 is 5.97 Å². The maximum Gasteiger partial charge on any atom is 0.308 e. The number of likely N-dealkylation sites (tertiary alicyclic amines) is 1. The van der Waals surface area contributed by atoms with E-state index in [2.05, 4.69) is 9.97 Å². The summed E-state index contributed by atoms with van der Waals surface area (Å²) in [6, 6.07) is 3.78. The van der Waals surface area contributed by atoms with Crippen LogP contribution in [0.4, 0.5) is 0 Å². The van der Waals surface area contributed by atoms with Crippen molar-refractivity contribution in [3.8, 4) is 10.6 Å². The van der Waals surface area contributed by atoms with Crippen molar-refractivity contribution in [1.29, 1.82) is 0 Å². The summed E-state index contributed by atoms with van der Waals surface area (Å²) in [7, 11) is 0. The third-order valence-corrected chi connectivity index (χ3v) is 4.86. The molecule has 1 aliphatic heterocycles. The van der Waals surface area contributed by atoms with Crippen molar-refractivity contribution >= 4 is 23.2 Å². The van der Waals surface area contributed by atoms with Gasteiger partial charge in [0.2, 0.25) is 5.91 Å². The minimum atomic E-state index is -0.824. The number of carbonyl (C=O) groups is 2. The van der Waals surface area contributed by atoms with E-state index in [1.165, 1.54) is 11.3 Å². The van der Waals surface area contributed by atoms with Gasteiger partial charge in [-0.15, -0.1) is 11.3 Å². The summed E-state index contributed by atoms with van der Waals surface area (Å²) >= 11 is 1.48. The number of pyridine rings is 1. The van der Waals surface area contributed by atoms with Gasteiger partial charge in [-0.2, -0.15) is 0 Å². The van der Waals surface area contributed by atoms with Crippen molar-refractivity contribution < 1.29 is 14.7 Å². The maximum atomic E-state index is 12.4. The number of aliphatic carboxylic acids is 1. The SMILES string of the molecule is O=C(O)C1CCCN(C(=O)Cc2csc(-c3cccnc3)n2)C1. The number of carboxylic acids is 1. The third-order valence-electron chi connectivity index (χ3n) is 3.92. The summed E-state index contributed by atoms with van der Waals surface area (Å²) in [4.78, 5) is 33.6. The molecule has 1 aliphatic rings. The second-order valence-corrected chi connectivity index (χ2v) is 6.44. The van der Waals surface area contributed by atoms with E-state index >= 15 is 0 Å². The number of rotatable bonds is 4. The van der Waals surface area contributed by atoms with Gasteiger partial charge in [0.15, 0.2) is 0 Å². The second-order valence-electron chi connectivity index (χ2n) is 5.58. The van der Waals surface area contributed by atoms with Crippen molar-refractivity contribution in [1.82, 2.24) is 14.9 Å².